The number of hydrogen-bond acceptors (Lipinski definition) is 3. The Balaban J connectivity index is 2.28. The summed E-state index contributed by atoms with van der Waals surface area (Å²) in [4.78, 5) is 18.1. The summed E-state index contributed by atoms with van der Waals surface area (Å²) in [6.45, 7) is 2.11. The number of hydrogen-bond donors (Lipinski definition) is 1. The normalized spacial score (nSPS) is 11.9. The van der Waals surface area contributed by atoms with E-state index in [1.807, 2.05) is 48.5 Å². The highest BCUT2D eigenvalue weighted by Crippen LogP contribution is 2.16. The van der Waals surface area contributed by atoms with E-state index >= 15 is 0 Å². The molecule has 0 saturated heterocycles. The molecule has 19 heavy (non-hydrogen) atoms. The lowest BCUT2D eigenvalue weighted by Gasteiger charge is -2.24. The van der Waals surface area contributed by atoms with Crippen molar-refractivity contribution in [2.24, 2.45) is 5.73 Å². The minimum Gasteiger partial charge on any atom is -0.320 e. The SMILES string of the molecule is CC(N)C(=O)N(Cc1ccccn1)c1ccccc1. The maximum Gasteiger partial charge on any atom is 0.243 e. The third kappa shape index (κ3) is 3.39. The van der Waals surface area contributed by atoms with Crippen LogP contribution in [0.25, 0.3) is 0 Å². The van der Waals surface area contributed by atoms with Crippen molar-refractivity contribution in [3.8, 4) is 0 Å². The van der Waals surface area contributed by atoms with Gasteiger partial charge in [-0.05, 0) is 31.2 Å². The Hall–Kier alpha value is -2.20. The maximum atomic E-state index is 12.2. The van der Waals surface area contributed by atoms with Crippen LogP contribution in [0, 0.1) is 0 Å². The van der Waals surface area contributed by atoms with Gasteiger partial charge in [0.25, 0.3) is 0 Å². The molecule has 1 unspecified atom stereocenters. The number of anilines is 1. The van der Waals surface area contributed by atoms with Crippen LogP contribution in [0.2, 0.25) is 0 Å². The molecular formula is C15H17N3O. The van der Waals surface area contributed by atoms with E-state index in [9.17, 15) is 4.79 Å². The van der Waals surface area contributed by atoms with Crippen molar-refractivity contribution in [1.82, 2.24) is 4.98 Å². The number of amides is 1. The van der Waals surface area contributed by atoms with Crippen molar-refractivity contribution < 1.29 is 4.79 Å². The van der Waals surface area contributed by atoms with Crippen molar-refractivity contribution in [2.45, 2.75) is 19.5 Å². The number of aromatic nitrogens is 1. The van der Waals surface area contributed by atoms with Gasteiger partial charge in [-0.25, -0.2) is 0 Å². The Labute approximate surface area is 112 Å². The fourth-order valence-corrected chi connectivity index (χ4v) is 1.80. The van der Waals surface area contributed by atoms with Crippen molar-refractivity contribution >= 4 is 11.6 Å². The molecule has 1 aromatic heterocycles. The van der Waals surface area contributed by atoms with Gasteiger partial charge in [0, 0.05) is 11.9 Å². The molecule has 0 fully saturated rings. The van der Waals surface area contributed by atoms with E-state index in [1.165, 1.54) is 0 Å². The van der Waals surface area contributed by atoms with Crippen LogP contribution in [-0.4, -0.2) is 16.9 Å². The number of para-hydroxylation sites is 1. The second-order valence-electron chi connectivity index (χ2n) is 4.37. The third-order valence-electron chi connectivity index (χ3n) is 2.77. The summed E-state index contributed by atoms with van der Waals surface area (Å²) in [5.74, 6) is -0.114. The lowest BCUT2D eigenvalue weighted by molar-refractivity contribution is -0.119. The van der Waals surface area contributed by atoms with Gasteiger partial charge in [-0.3, -0.25) is 9.78 Å². The summed E-state index contributed by atoms with van der Waals surface area (Å²) in [5, 5.41) is 0. The first kappa shape index (κ1) is 13.2. The first-order chi connectivity index (χ1) is 9.18. The van der Waals surface area contributed by atoms with E-state index in [-0.39, 0.29) is 5.91 Å². The van der Waals surface area contributed by atoms with Gasteiger partial charge >= 0.3 is 0 Å². The molecule has 0 bridgehead atoms. The smallest absolute Gasteiger partial charge is 0.243 e. The number of carbonyl (C=O) groups is 1. The van der Waals surface area contributed by atoms with E-state index in [0.29, 0.717) is 6.54 Å². The summed E-state index contributed by atoms with van der Waals surface area (Å²) in [6.07, 6.45) is 1.72. The number of nitrogens with zero attached hydrogens (tertiary/aromatic N) is 2. The average molecular weight is 255 g/mol. The molecule has 1 amide bonds. The highest BCUT2D eigenvalue weighted by atomic mass is 16.2. The zero-order valence-corrected chi connectivity index (χ0v) is 10.9. The maximum absolute atomic E-state index is 12.2. The number of carbonyl (C=O) groups excluding carboxylic acids is 1. The zero-order chi connectivity index (χ0) is 13.7. The molecule has 0 aliphatic carbocycles. The van der Waals surface area contributed by atoms with Crippen LogP contribution < -0.4 is 10.6 Å². The number of pyridine rings is 1. The van der Waals surface area contributed by atoms with Crippen LogP contribution in [0.3, 0.4) is 0 Å². The molecule has 1 heterocycles. The molecule has 0 aliphatic heterocycles. The number of rotatable bonds is 4. The summed E-state index contributed by atoms with van der Waals surface area (Å²) in [5.41, 5.74) is 7.38. The fourth-order valence-electron chi connectivity index (χ4n) is 1.80. The minimum atomic E-state index is -0.538. The summed E-state index contributed by atoms with van der Waals surface area (Å²) in [6, 6.07) is 14.6. The van der Waals surface area contributed by atoms with Gasteiger partial charge in [-0.1, -0.05) is 24.3 Å². The zero-order valence-electron chi connectivity index (χ0n) is 10.9. The molecular weight excluding hydrogens is 238 g/mol. The van der Waals surface area contributed by atoms with E-state index in [4.69, 9.17) is 5.73 Å². The van der Waals surface area contributed by atoms with Gasteiger partial charge in [0.2, 0.25) is 5.91 Å². The Morgan fingerprint density at radius 2 is 1.89 bits per heavy atom. The van der Waals surface area contributed by atoms with E-state index < -0.39 is 6.04 Å². The summed E-state index contributed by atoms with van der Waals surface area (Å²) < 4.78 is 0. The number of nitrogens with two attached hydrogens (primary N) is 1. The predicted molar refractivity (Wildman–Crippen MR) is 75.5 cm³/mol. The second kappa shape index (κ2) is 6.11. The van der Waals surface area contributed by atoms with Crippen molar-refractivity contribution in [3.63, 3.8) is 0 Å². The lowest BCUT2D eigenvalue weighted by Crippen LogP contribution is -2.42. The van der Waals surface area contributed by atoms with Crippen LogP contribution in [0.5, 0.6) is 0 Å². The van der Waals surface area contributed by atoms with Crippen LogP contribution >= 0.6 is 0 Å². The topological polar surface area (TPSA) is 59.2 Å². The van der Waals surface area contributed by atoms with Crippen LogP contribution in [0.4, 0.5) is 5.69 Å². The first-order valence-electron chi connectivity index (χ1n) is 6.20. The Morgan fingerprint density at radius 1 is 1.21 bits per heavy atom. The van der Waals surface area contributed by atoms with E-state index in [2.05, 4.69) is 4.98 Å². The molecule has 4 nitrogen and oxygen atoms in total. The van der Waals surface area contributed by atoms with Gasteiger partial charge < -0.3 is 10.6 Å². The molecule has 0 spiro atoms. The molecule has 1 atom stereocenters. The highest BCUT2D eigenvalue weighted by Gasteiger charge is 2.19. The number of benzene rings is 1. The van der Waals surface area contributed by atoms with Crippen molar-refractivity contribution in [1.29, 1.82) is 0 Å². The summed E-state index contributed by atoms with van der Waals surface area (Å²) >= 11 is 0. The molecule has 98 valence electrons. The van der Waals surface area contributed by atoms with Crippen LogP contribution in [-0.2, 0) is 11.3 Å². The monoisotopic (exact) mass is 255 g/mol. The average Bonchev–Trinajstić information content (AvgIpc) is 2.46. The highest BCUT2D eigenvalue weighted by molar-refractivity contribution is 5.96. The fraction of sp³-hybridized carbons (Fsp3) is 0.200. The Morgan fingerprint density at radius 3 is 2.47 bits per heavy atom. The molecule has 2 rings (SSSR count). The van der Waals surface area contributed by atoms with Gasteiger partial charge in [0.15, 0.2) is 0 Å². The van der Waals surface area contributed by atoms with Gasteiger partial charge in [-0.15, -0.1) is 0 Å². The van der Waals surface area contributed by atoms with Crippen molar-refractivity contribution in [2.75, 3.05) is 4.90 Å². The molecule has 0 saturated carbocycles. The molecule has 2 N–H and O–H groups in total. The standard InChI is InChI=1S/C15H17N3O/c1-12(16)15(19)18(14-8-3-2-4-9-14)11-13-7-5-6-10-17-13/h2-10,12H,11,16H2,1H3. The van der Waals surface area contributed by atoms with Crippen molar-refractivity contribution in [3.05, 3.63) is 60.4 Å². The molecule has 0 aliphatic rings. The molecule has 2 aromatic rings. The van der Waals surface area contributed by atoms with Crippen LogP contribution in [0.1, 0.15) is 12.6 Å². The Bertz CT molecular complexity index is 526. The Kier molecular flexibility index (Phi) is 4.26. The molecule has 4 heteroatoms. The molecule has 1 aromatic carbocycles. The molecule has 0 radical (unpaired) electrons. The third-order valence-corrected chi connectivity index (χ3v) is 2.77. The van der Waals surface area contributed by atoms with Gasteiger partial charge in [-0.2, -0.15) is 0 Å². The predicted octanol–water partition coefficient (Wildman–Crippen LogP) is 1.96. The summed E-state index contributed by atoms with van der Waals surface area (Å²) in [7, 11) is 0. The van der Waals surface area contributed by atoms with Crippen LogP contribution in [0.15, 0.2) is 54.7 Å². The second-order valence-corrected chi connectivity index (χ2v) is 4.37. The van der Waals surface area contributed by atoms with Gasteiger partial charge in [0.05, 0.1) is 18.3 Å². The van der Waals surface area contributed by atoms with Gasteiger partial charge in [0.1, 0.15) is 0 Å². The first-order valence-corrected chi connectivity index (χ1v) is 6.20. The quantitative estimate of drug-likeness (QED) is 0.908. The lowest BCUT2D eigenvalue weighted by atomic mass is 10.2. The minimum absolute atomic E-state index is 0.114. The van der Waals surface area contributed by atoms with E-state index in [1.54, 1.807) is 18.0 Å². The largest absolute Gasteiger partial charge is 0.320 e. The van der Waals surface area contributed by atoms with E-state index in [0.717, 1.165) is 11.4 Å².